The lowest BCUT2D eigenvalue weighted by atomic mass is 10.2. The minimum absolute atomic E-state index is 0.0937. The van der Waals surface area contributed by atoms with Gasteiger partial charge in [-0.2, -0.15) is 0 Å². The van der Waals surface area contributed by atoms with Gasteiger partial charge >= 0.3 is 0 Å². The Hall–Kier alpha value is -0.610. The van der Waals surface area contributed by atoms with Crippen molar-refractivity contribution in [3.63, 3.8) is 0 Å². The van der Waals surface area contributed by atoms with Crippen molar-refractivity contribution < 1.29 is 0 Å². The van der Waals surface area contributed by atoms with Crippen molar-refractivity contribution in [2.45, 2.75) is 19.9 Å². The van der Waals surface area contributed by atoms with Crippen LogP contribution in [0.15, 0.2) is 0 Å². The van der Waals surface area contributed by atoms with E-state index in [2.05, 4.69) is 4.98 Å². The number of nitrogens with zero attached hydrogens (tertiary/aromatic N) is 2. The molecule has 3 nitrogen and oxygen atoms in total. The molecule has 1 aromatic heterocycles. The van der Waals surface area contributed by atoms with E-state index in [0.717, 1.165) is 10.8 Å². The smallest absolute Gasteiger partial charge is 0.185 e. The highest BCUT2D eigenvalue weighted by Gasteiger charge is 2.11. The second-order valence-corrected chi connectivity index (χ2v) is 4.14. The third kappa shape index (κ3) is 1.76. The van der Waals surface area contributed by atoms with Gasteiger partial charge < -0.3 is 10.6 Å². The van der Waals surface area contributed by atoms with Crippen LogP contribution in [0.3, 0.4) is 0 Å². The Balaban J connectivity index is 3.00. The maximum atomic E-state index is 5.78. The van der Waals surface area contributed by atoms with E-state index in [4.69, 9.17) is 5.73 Å². The molecule has 0 spiro atoms. The molecule has 0 aliphatic rings. The van der Waals surface area contributed by atoms with Crippen molar-refractivity contribution in [1.82, 2.24) is 4.98 Å². The van der Waals surface area contributed by atoms with Crippen LogP contribution in [0.25, 0.3) is 0 Å². The minimum Gasteiger partial charge on any atom is -0.354 e. The molecular formula is C8H15N3S. The summed E-state index contributed by atoms with van der Waals surface area (Å²) in [5, 5.41) is 1.03. The van der Waals surface area contributed by atoms with E-state index in [1.807, 2.05) is 32.8 Å². The number of aromatic nitrogens is 1. The van der Waals surface area contributed by atoms with Gasteiger partial charge in [-0.05, 0) is 13.8 Å². The lowest BCUT2D eigenvalue weighted by Gasteiger charge is -2.05. The highest BCUT2D eigenvalue weighted by atomic mass is 32.1. The summed E-state index contributed by atoms with van der Waals surface area (Å²) in [4.78, 5) is 7.58. The molecule has 12 heavy (non-hydrogen) atoms. The Bertz CT molecular complexity index is 265. The minimum atomic E-state index is 0.0937. The largest absolute Gasteiger partial charge is 0.354 e. The summed E-state index contributed by atoms with van der Waals surface area (Å²) >= 11 is 1.67. The first-order chi connectivity index (χ1) is 5.52. The van der Waals surface area contributed by atoms with E-state index in [9.17, 15) is 0 Å². The lowest BCUT2D eigenvalue weighted by molar-refractivity contribution is 0.825. The number of hydrogen-bond acceptors (Lipinski definition) is 4. The highest BCUT2D eigenvalue weighted by Crippen LogP contribution is 2.28. The second kappa shape index (κ2) is 3.41. The summed E-state index contributed by atoms with van der Waals surface area (Å²) in [7, 11) is 3.98. The Morgan fingerprint density at radius 3 is 2.33 bits per heavy atom. The molecule has 0 amide bonds. The molecule has 0 radical (unpaired) electrons. The monoisotopic (exact) mass is 185 g/mol. The molecule has 0 bridgehead atoms. The fourth-order valence-electron chi connectivity index (χ4n) is 1.01. The fourth-order valence-corrected chi connectivity index (χ4v) is 1.95. The number of anilines is 1. The molecule has 1 heterocycles. The van der Waals surface area contributed by atoms with Crippen LogP contribution in [-0.2, 0) is 0 Å². The van der Waals surface area contributed by atoms with Crippen LogP contribution in [0.5, 0.6) is 0 Å². The van der Waals surface area contributed by atoms with Gasteiger partial charge in [-0.1, -0.05) is 0 Å². The normalized spacial score (nSPS) is 13.1. The van der Waals surface area contributed by atoms with E-state index >= 15 is 0 Å². The quantitative estimate of drug-likeness (QED) is 0.760. The standard InChI is InChI=1S/C8H15N3S/c1-5(9)7-6(2)10-8(12-7)11(3)4/h5H,9H2,1-4H3/t5-/m0/s1. The molecule has 0 saturated carbocycles. The summed E-state index contributed by atoms with van der Waals surface area (Å²) in [6, 6.07) is 0.0937. The van der Waals surface area contributed by atoms with E-state index in [1.165, 1.54) is 4.88 Å². The summed E-state index contributed by atoms with van der Waals surface area (Å²) in [6.07, 6.45) is 0. The van der Waals surface area contributed by atoms with Gasteiger partial charge in [-0.3, -0.25) is 0 Å². The average Bonchev–Trinajstić information content (AvgIpc) is 2.30. The van der Waals surface area contributed by atoms with E-state index in [1.54, 1.807) is 11.3 Å². The van der Waals surface area contributed by atoms with Gasteiger partial charge in [-0.15, -0.1) is 11.3 Å². The van der Waals surface area contributed by atoms with Crippen molar-refractivity contribution in [2.24, 2.45) is 5.73 Å². The zero-order valence-electron chi connectivity index (χ0n) is 7.96. The summed E-state index contributed by atoms with van der Waals surface area (Å²) in [6.45, 7) is 3.99. The average molecular weight is 185 g/mol. The van der Waals surface area contributed by atoms with Gasteiger partial charge in [0.15, 0.2) is 5.13 Å². The van der Waals surface area contributed by atoms with Crippen LogP contribution in [0, 0.1) is 6.92 Å². The van der Waals surface area contributed by atoms with Crippen molar-refractivity contribution >= 4 is 16.5 Å². The molecule has 0 fully saturated rings. The molecule has 1 rings (SSSR count). The number of nitrogens with two attached hydrogens (primary N) is 1. The van der Waals surface area contributed by atoms with Crippen LogP contribution in [-0.4, -0.2) is 19.1 Å². The first-order valence-electron chi connectivity index (χ1n) is 3.92. The third-order valence-electron chi connectivity index (χ3n) is 1.62. The van der Waals surface area contributed by atoms with Crippen LogP contribution >= 0.6 is 11.3 Å². The van der Waals surface area contributed by atoms with E-state index in [0.29, 0.717) is 0 Å². The molecule has 0 aliphatic carbocycles. The molecule has 1 atom stereocenters. The fraction of sp³-hybridized carbons (Fsp3) is 0.625. The van der Waals surface area contributed by atoms with Gasteiger partial charge in [0.1, 0.15) is 0 Å². The molecular weight excluding hydrogens is 170 g/mol. The Kier molecular flexibility index (Phi) is 2.69. The van der Waals surface area contributed by atoms with Gasteiger partial charge in [0, 0.05) is 25.0 Å². The predicted molar refractivity (Wildman–Crippen MR) is 53.8 cm³/mol. The zero-order chi connectivity index (χ0) is 9.30. The van der Waals surface area contributed by atoms with Crippen LogP contribution in [0.2, 0.25) is 0 Å². The Morgan fingerprint density at radius 2 is 2.08 bits per heavy atom. The number of rotatable bonds is 2. The molecule has 2 N–H and O–H groups in total. The van der Waals surface area contributed by atoms with Crippen LogP contribution < -0.4 is 10.6 Å². The summed E-state index contributed by atoms with van der Waals surface area (Å²) < 4.78 is 0. The first-order valence-corrected chi connectivity index (χ1v) is 4.74. The van der Waals surface area contributed by atoms with E-state index in [-0.39, 0.29) is 6.04 Å². The van der Waals surface area contributed by atoms with Gasteiger partial charge in [0.2, 0.25) is 0 Å². The van der Waals surface area contributed by atoms with Gasteiger partial charge in [-0.25, -0.2) is 4.98 Å². The number of aryl methyl sites for hydroxylation is 1. The van der Waals surface area contributed by atoms with E-state index < -0.39 is 0 Å². The van der Waals surface area contributed by atoms with Crippen molar-refractivity contribution in [3.05, 3.63) is 10.6 Å². The number of thiazole rings is 1. The summed E-state index contributed by atoms with van der Waals surface area (Å²) in [5.41, 5.74) is 6.83. The second-order valence-electron chi connectivity index (χ2n) is 3.13. The topological polar surface area (TPSA) is 42.2 Å². The predicted octanol–water partition coefficient (Wildman–Crippen LogP) is 1.54. The molecule has 1 aromatic rings. The first kappa shape index (κ1) is 9.48. The third-order valence-corrected chi connectivity index (χ3v) is 3.14. The molecule has 0 aromatic carbocycles. The summed E-state index contributed by atoms with van der Waals surface area (Å²) in [5.74, 6) is 0. The molecule has 68 valence electrons. The molecule has 0 aliphatic heterocycles. The number of hydrogen-bond donors (Lipinski definition) is 1. The Morgan fingerprint density at radius 1 is 1.50 bits per heavy atom. The zero-order valence-corrected chi connectivity index (χ0v) is 8.77. The Labute approximate surface area is 77.2 Å². The molecule has 0 unspecified atom stereocenters. The van der Waals surface area contributed by atoms with Crippen LogP contribution in [0.4, 0.5) is 5.13 Å². The maximum Gasteiger partial charge on any atom is 0.185 e. The van der Waals surface area contributed by atoms with Gasteiger partial charge in [0.05, 0.1) is 5.69 Å². The van der Waals surface area contributed by atoms with Gasteiger partial charge in [0.25, 0.3) is 0 Å². The molecule has 0 saturated heterocycles. The van der Waals surface area contributed by atoms with Crippen molar-refractivity contribution in [3.8, 4) is 0 Å². The highest BCUT2D eigenvalue weighted by molar-refractivity contribution is 7.15. The molecule has 4 heteroatoms. The maximum absolute atomic E-state index is 5.78. The SMILES string of the molecule is Cc1nc(N(C)C)sc1[C@H](C)N. The van der Waals surface area contributed by atoms with Crippen LogP contribution in [0.1, 0.15) is 23.5 Å². The van der Waals surface area contributed by atoms with Crippen molar-refractivity contribution in [1.29, 1.82) is 0 Å². The van der Waals surface area contributed by atoms with Crippen molar-refractivity contribution in [2.75, 3.05) is 19.0 Å². The lowest BCUT2D eigenvalue weighted by Crippen LogP contribution is -2.07.